The zero-order chi connectivity index (χ0) is 31.2. The fraction of sp³-hybridized carbons (Fsp3) is 0.0909. The number of aromatic nitrogens is 6. The van der Waals surface area contributed by atoms with Gasteiger partial charge in [0.2, 0.25) is 10.3 Å². The molecular formula is C33H25BrN6O3S2. The van der Waals surface area contributed by atoms with Gasteiger partial charge in [-0.05, 0) is 43.7 Å². The maximum Gasteiger partial charge on any atom is 0.277 e. The Morgan fingerprint density at radius 3 is 1.87 bits per heavy atom. The van der Waals surface area contributed by atoms with Gasteiger partial charge in [-0.3, -0.25) is 19.8 Å². The Hall–Kier alpha value is -4.78. The summed E-state index contributed by atoms with van der Waals surface area (Å²) in [6.45, 7) is 3.66. The van der Waals surface area contributed by atoms with E-state index in [1.54, 1.807) is 23.6 Å². The Morgan fingerprint density at radius 1 is 0.733 bits per heavy atom. The summed E-state index contributed by atoms with van der Waals surface area (Å²) in [4.78, 5) is 37.8. The fourth-order valence-corrected chi connectivity index (χ4v) is 7.33. The van der Waals surface area contributed by atoms with Gasteiger partial charge in [-0.2, -0.15) is 9.36 Å². The summed E-state index contributed by atoms with van der Waals surface area (Å²) in [7, 11) is 0. The summed E-state index contributed by atoms with van der Waals surface area (Å²) in [6, 6.07) is 24.4. The minimum absolute atomic E-state index is 0.107. The van der Waals surface area contributed by atoms with Crippen molar-refractivity contribution in [3.8, 4) is 38.5 Å². The number of phenols is 1. The lowest BCUT2D eigenvalue weighted by Crippen LogP contribution is -2.25. The number of aromatic hydroxyl groups is 1. The zero-order valence-electron chi connectivity index (χ0n) is 24.0. The largest absolute Gasteiger partial charge is 0.507 e. The van der Waals surface area contributed by atoms with Gasteiger partial charge in [0.1, 0.15) is 5.75 Å². The summed E-state index contributed by atoms with van der Waals surface area (Å²) in [5, 5.41) is 21.4. The maximum atomic E-state index is 14.2. The summed E-state index contributed by atoms with van der Waals surface area (Å²) >= 11 is 6.15. The van der Waals surface area contributed by atoms with Crippen LogP contribution in [0.5, 0.6) is 5.75 Å². The van der Waals surface area contributed by atoms with Crippen molar-refractivity contribution in [3.63, 3.8) is 0 Å². The molecule has 0 saturated heterocycles. The highest BCUT2D eigenvalue weighted by Crippen LogP contribution is 2.35. The number of para-hydroxylation sites is 1. The van der Waals surface area contributed by atoms with E-state index in [1.807, 2.05) is 79.9 Å². The van der Waals surface area contributed by atoms with Crippen LogP contribution in [-0.2, 0) is 0 Å². The lowest BCUT2D eigenvalue weighted by atomic mass is 9.85. The first kappa shape index (κ1) is 29.0. The second kappa shape index (κ2) is 11.6. The van der Waals surface area contributed by atoms with E-state index >= 15 is 0 Å². The summed E-state index contributed by atoms with van der Waals surface area (Å²) in [6.07, 6.45) is 0. The van der Waals surface area contributed by atoms with Gasteiger partial charge in [-0.1, -0.05) is 70.5 Å². The predicted molar refractivity (Wildman–Crippen MR) is 181 cm³/mol. The van der Waals surface area contributed by atoms with Crippen LogP contribution in [0, 0.1) is 13.8 Å². The van der Waals surface area contributed by atoms with Crippen molar-refractivity contribution < 1.29 is 5.11 Å². The number of rotatable bonds is 7. The molecule has 1 unspecified atom stereocenters. The second-order valence-electron chi connectivity index (χ2n) is 10.5. The van der Waals surface area contributed by atoms with Crippen LogP contribution in [0.3, 0.4) is 0 Å². The SMILES string of the molecule is Cc1[nH]n(-c2nc(-c3ccccc3)cs2)c(=O)c1C(c1ccc(Br)cc1)c1c(C)[nH]n(-c2nc(-c3ccccc3O)cs2)c1=O. The Balaban J connectivity index is 1.36. The zero-order valence-corrected chi connectivity index (χ0v) is 27.2. The molecule has 0 bridgehead atoms. The van der Waals surface area contributed by atoms with Crippen molar-refractivity contribution in [2.75, 3.05) is 0 Å². The van der Waals surface area contributed by atoms with E-state index in [-0.39, 0.29) is 16.9 Å². The highest BCUT2D eigenvalue weighted by Gasteiger charge is 2.31. The molecule has 224 valence electrons. The lowest BCUT2D eigenvalue weighted by Gasteiger charge is -2.16. The van der Waals surface area contributed by atoms with Crippen LogP contribution < -0.4 is 11.1 Å². The standard InChI is InChI=1S/C33H25BrN6O3S2/c1-18-27(30(42)39(37-18)32-35-24(16-44-32)20-8-4-3-5-9-20)29(21-12-14-22(34)15-13-21)28-19(2)38-40(31(28)43)33-36-25(17-45-33)23-10-6-7-11-26(23)41/h3-17,29,37-38,41H,1-2H3. The van der Waals surface area contributed by atoms with Crippen LogP contribution in [0.15, 0.2) is 104 Å². The number of nitrogens with zero attached hydrogens (tertiary/aromatic N) is 4. The summed E-state index contributed by atoms with van der Waals surface area (Å²) in [5.74, 6) is -0.574. The first-order valence-corrected chi connectivity index (χ1v) is 16.5. The van der Waals surface area contributed by atoms with E-state index in [1.165, 1.54) is 32.0 Å². The number of phenolic OH excluding ortho intramolecular Hbond substituents is 1. The van der Waals surface area contributed by atoms with Crippen molar-refractivity contribution in [2.45, 2.75) is 19.8 Å². The Bertz CT molecular complexity index is 2280. The molecule has 0 fully saturated rings. The van der Waals surface area contributed by atoms with Gasteiger partial charge in [0.25, 0.3) is 11.1 Å². The Morgan fingerprint density at radius 2 is 1.27 bits per heavy atom. The first-order chi connectivity index (χ1) is 21.8. The van der Waals surface area contributed by atoms with Crippen molar-refractivity contribution >= 4 is 38.6 Å². The predicted octanol–water partition coefficient (Wildman–Crippen LogP) is 7.16. The monoisotopic (exact) mass is 696 g/mol. The number of nitrogens with one attached hydrogen (secondary N) is 2. The quantitative estimate of drug-likeness (QED) is 0.163. The van der Waals surface area contributed by atoms with Gasteiger partial charge in [-0.25, -0.2) is 9.97 Å². The number of aryl methyl sites for hydroxylation is 2. The molecular weight excluding hydrogens is 672 g/mol. The molecule has 12 heteroatoms. The third-order valence-electron chi connectivity index (χ3n) is 7.63. The van der Waals surface area contributed by atoms with Crippen molar-refractivity contribution in [2.24, 2.45) is 0 Å². The lowest BCUT2D eigenvalue weighted by molar-refractivity contribution is 0.477. The topological polar surface area (TPSA) is 122 Å². The number of halogens is 1. The molecule has 4 heterocycles. The highest BCUT2D eigenvalue weighted by molar-refractivity contribution is 9.10. The minimum Gasteiger partial charge on any atom is -0.507 e. The molecule has 0 aliphatic heterocycles. The number of hydrogen-bond acceptors (Lipinski definition) is 7. The number of aromatic amines is 2. The third kappa shape index (κ3) is 5.20. The summed E-state index contributed by atoms with van der Waals surface area (Å²) in [5.41, 5.74) is 5.19. The molecule has 0 amide bonds. The average Bonchev–Trinajstić information content (AvgIpc) is 3.83. The van der Waals surface area contributed by atoms with Gasteiger partial charge in [0.05, 0.1) is 22.5 Å². The van der Waals surface area contributed by atoms with Crippen molar-refractivity contribution in [1.82, 2.24) is 29.5 Å². The molecule has 7 aromatic rings. The molecule has 4 aromatic heterocycles. The smallest absolute Gasteiger partial charge is 0.277 e. The first-order valence-electron chi connectivity index (χ1n) is 13.9. The van der Waals surface area contributed by atoms with Gasteiger partial charge in [0.15, 0.2) is 0 Å². The number of hydrogen-bond donors (Lipinski definition) is 3. The number of thiazole rings is 2. The molecule has 45 heavy (non-hydrogen) atoms. The minimum atomic E-state index is -0.681. The molecule has 0 spiro atoms. The summed E-state index contributed by atoms with van der Waals surface area (Å²) < 4.78 is 3.73. The Kier molecular flexibility index (Phi) is 7.48. The van der Waals surface area contributed by atoms with Crippen LogP contribution in [-0.4, -0.2) is 34.6 Å². The van der Waals surface area contributed by atoms with Gasteiger partial charge < -0.3 is 5.11 Å². The normalized spacial score (nSPS) is 12.1. The highest BCUT2D eigenvalue weighted by atomic mass is 79.9. The third-order valence-corrected chi connectivity index (χ3v) is 9.81. The van der Waals surface area contributed by atoms with Gasteiger partial charge >= 0.3 is 0 Å². The molecule has 1 atom stereocenters. The van der Waals surface area contributed by atoms with Crippen LogP contribution in [0.1, 0.15) is 34.0 Å². The van der Waals surface area contributed by atoms with E-state index in [4.69, 9.17) is 4.98 Å². The van der Waals surface area contributed by atoms with Crippen LogP contribution in [0.4, 0.5) is 0 Å². The van der Waals surface area contributed by atoms with E-state index in [0.29, 0.717) is 44.0 Å². The van der Waals surface area contributed by atoms with Gasteiger partial charge in [-0.15, -0.1) is 22.7 Å². The molecule has 0 saturated carbocycles. The number of benzene rings is 3. The van der Waals surface area contributed by atoms with E-state index in [2.05, 4.69) is 31.1 Å². The molecule has 0 aliphatic carbocycles. The molecule has 7 rings (SSSR count). The van der Waals surface area contributed by atoms with Gasteiger partial charge in [0, 0.05) is 43.7 Å². The maximum absolute atomic E-state index is 14.2. The van der Waals surface area contributed by atoms with E-state index in [9.17, 15) is 14.7 Å². The molecule has 3 N–H and O–H groups in total. The van der Waals surface area contributed by atoms with Crippen LogP contribution in [0.2, 0.25) is 0 Å². The average molecular weight is 698 g/mol. The molecule has 0 radical (unpaired) electrons. The molecule has 3 aromatic carbocycles. The van der Waals surface area contributed by atoms with Crippen molar-refractivity contribution in [1.29, 1.82) is 0 Å². The van der Waals surface area contributed by atoms with Crippen LogP contribution >= 0.6 is 38.6 Å². The number of H-pyrrole nitrogens is 2. The van der Waals surface area contributed by atoms with E-state index < -0.39 is 5.92 Å². The second-order valence-corrected chi connectivity index (χ2v) is 13.1. The Labute approximate surface area is 273 Å². The molecule has 0 aliphatic rings. The fourth-order valence-electron chi connectivity index (χ4n) is 5.49. The van der Waals surface area contributed by atoms with E-state index in [0.717, 1.165) is 21.3 Å². The van der Waals surface area contributed by atoms with Crippen LogP contribution in [0.25, 0.3) is 32.8 Å². The van der Waals surface area contributed by atoms with Crippen molar-refractivity contribution in [3.05, 3.63) is 143 Å². The molecule has 9 nitrogen and oxygen atoms in total.